The molecule has 0 aliphatic carbocycles. The Kier molecular flexibility index (Phi) is 13.4. The fourth-order valence-corrected chi connectivity index (χ4v) is 11.8. The Bertz CT molecular complexity index is 5590. The summed E-state index contributed by atoms with van der Waals surface area (Å²) in [5.41, 5.74) is 18.5. The van der Waals surface area contributed by atoms with Crippen molar-refractivity contribution in [1.82, 2.24) is 0 Å². The number of nitrogens with zero attached hydrogens (tertiary/aromatic N) is 5. The summed E-state index contributed by atoms with van der Waals surface area (Å²) in [5.74, 6) is -6.16. The molecule has 0 amide bonds. The standard InChI is InChI=1S/C20H28N.2C18H24N.C17H22N.C16H20N/c1-13(2)17-8-9-18(15(5)10-17)20-11-16(6)19(14(3)4)12-21(20)7;1-12(2)16-7-8-17(14(4)10-16)18-15(5)9-13(3)11-19(18)6;1-12(2)17-10-18(19(6)11-15(17)5)16-8-7-13(3)9-14(16)4;1-6-15-7-8-16(13(3)10-15)17-14(4)9-12(2)11-18(17)5;1-11-6-7-15(13(3)8-11)16-14(4)9-12(2)10-17(16)5/h8-14H,1-7H3;2*7-12H,1-6H3;7-11H,6H2,1-5H3;6-10H,1-5H3/q5*+1/i3D3,13D,14D;1D3,3D3,12D;1D3,3D3,5D3,12D;1D3,2D3,6D2;1D3,2D3. The fourth-order valence-electron chi connectivity index (χ4n) is 11.8. The zero-order chi connectivity index (χ0) is 100. The smallest absolute Gasteiger partial charge is 0.201 e. The summed E-state index contributed by atoms with van der Waals surface area (Å²) in [5, 5.41) is 0. The van der Waals surface area contributed by atoms with E-state index in [1.807, 2.05) is 98.2 Å². The van der Waals surface area contributed by atoms with E-state index in [4.69, 9.17) is 49.3 Å². The van der Waals surface area contributed by atoms with Crippen LogP contribution in [0.3, 0.4) is 0 Å². The topological polar surface area (TPSA) is 19.4 Å². The van der Waals surface area contributed by atoms with Gasteiger partial charge in [0.1, 0.15) is 35.2 Å². The van der Waals surface area contributed by atoms with Crippen molar-refractivity contribution in [2.75, 3.05) is 0 Å². The molecule has 0 N–H and O–H groups in total. The first-order valence-corrected chi connectivity index (χ1v) is 30.9. The summed E-state index contributed by atoms with van der Waals surface area (Å²) in [6, 6.07) is 33.9. The summed E-state index contributed by atoms with van der Waals surface area (Å²) in [6.07, 6.45) is 5.40. The van der Waals surface area contributed by atoms with Crippen LogP contribution in [0, 0.1) is 103 Å². The monoisotopic (exact) mass is 1290 g/mol. The Morgan fingerprint density at radius 2 is 0.702 bits per heavy atom. The molecule has 0 saturated carbocycles. The van der Waals surface area contributed by atoms with Crippen LogP contribution in [-0.2, 0) is 41.6 Å². The van der Waals surface area contributed by atoms with Crippen LogP contribution in [0.15, 0.2) is 152 Å². The summed E-state index contributed by atoms with van der Waals surface area (Å²) >= 11 is 0. The van der Waals surface area contributed by atoms with Gasteiger partial charge in [-0.25, -0.2) is 22.8 Å². The third-order valence-corrected chi connectivity index (χ3v) is 16.5. The second-order valence-electron chi connectivity index (χ2n) is 24.7. The van der Waals surface area contributed by atoms with Gasteiger partial charge in [0.2, 0.25) is 28.5 Å². The normalized spacial score (nSPS) is 20.2. The highest BCUT2D eigenvalue weighted by molar-refractivity contribution is 5.68. The minimum absolute atomic E-state index is 0.0955. The quantitative estimate of drug-likeness (QED) is 0.122. The minimum Gasteiger partial charge on any atom is -0.201 e. The molecule has 0 spiro atoms. The van der Waals surface area contributed by atoms with Gasteiger partial charge in [-0.15, -0.1) is 0 Å². The zero-order valence-corrected chi connectivity index (χ0v) is 58.2. The molecule has 0 aliphatic heterocycles. The van der Waals surface area contributed by atoms with Gasteiger partial charge < -0.3 is 0 Å². The van der Waals surface area contributed by atoms with E-state index in [1.54, 1.807) is 158 Å². The van der Waals surface area contributed by atoms with Crippen LogP contribution in [-0.4, -0.2) is 0 Å². The van der Waals surface area contributed by atoms with Crippen LogP contribution in [0.2, 0.25) is 0 Å². The first-order chi connectivity index (χ1) is 58.3. The van der Waals surface area contributed by atoms with E-state index >= 15 is 0 Å². The van der Waals surface area contributed by atoms with Crippen LogP contribution in [0.4, 0.5) is 0 Å². The van der Waals surface area contributed by atoms with Gasteiger partial charge in [-0.2, -0.15) is 0 Å². The van der Waals surface area contributed by atoms with E-state index in [0.717, 1.165) is 95.1 Å². The lowest BCUT2D eigenvalue weighted by atomic mass is 9.94. The number of pyridine rings is 5. The lowest BCUT2D eigenvalue weighted by Crippen LogP contribution is -2.32. The number of benzene rings is 5. The van der Waals surface area contributed by atoms with Crippen molar-refractivity contribution < 1.29 is 72.2 Å². The predicted molar refractivity (Wildman–Crippen MR) is 402 cm³/mol. The SMILES string of the molecule is [2H]C(C)(C)c1ccc(-c2cc(C)c(C([2H])(C)C([2H])([2H])[2H])c[n+]2C)c(C)c1.[2H]C([2H])([2H])c1cc(C)c(-c2ccc(C([2H])(C)C([2H])([2H])[2H])cc2C)[n+](C)c1.[2H]C([2H])([2H])c1cc(C)c(-c2ccc(C([2H])([2H])C([2H])([2H])[2H])cc2C)[n+](C)c1.[2H]C([2H])([2H])c1ccc(-c2c(C)cc(C([2H])([2H])[2H])c[n+]2C)c(C)c1.[2H]C([2H])([2H])c1ccc(-c2cc(C([2H])(C)C([2H])([2H])[2H])c(C([2H])([2H])[2H])c[n+]2C)c(C)c1. The maximum Gasteiger partial charge on any atom is 0.215 e. The van der Waals surface area contributed by atoms with Crippen LogP contribution >= 0.6 is 0 Å². The minimum atomic E-state index is -2.76. The van der Waals surface area contributed by atoms with E-state index in [1.165, 1.54) is 51.2 Å². The molecule has 10 aromatic rings. The molecule has 10 rings (SSSR count). The molecule has 0 fully saturated rings. The molecular weight excluding hydrogens is 1140 g/mol. The van der Waals surface area contributed by atoms with Gasteiger partial charge in [0, 0.05) is 134 Å². The molecule has 0 radical (unpaired) electrons. The van der Waals surface area contributed by atoms with Crippen molar-refractivity contribution in [2.24, 2.45) is 35.2 Å². The van der Waals surface area contributed by atoms with E-state index in [2.05, 4.69) is 0 Å². The van der Waals surface area contributed by atoms with Crippen molar-refractivity contribution in [3.05, 3.63) is 264 Å². The average molecular weight is 1290 g/mol. The zero-order valence-electron chi connectivity index (χ0n) is 94.2. The first kappa shape index (κ1) is 38.4. The van der Waals surface area contributed by atoms with E-state index in [9.17, 15) is 0 Å². The lowest BCUT2D eigenvalue weighted by Gasteiger charge is -2.13. The fraction of sp³-hybridized carbons (Fsp3) is 0.382. The lowest BCUT2D eigenvalue weighted by molar-refractivity contribution is -0.661. The maximum absolute atomic E-state index is 8.44. The van der Waals surface area contributed by atoms with Gasteiger partial charge in [0.05, 0.1) is 0 Å². The Balaban J connectivity index is 0.000000251. The van der Waals surface area contributed by atoms with Gasteiger partial charge >= 0.3 is 0 Å². The number of aromatic nitrogens is 5. The van der Waals surface area contributed by atoms with Gasteiger partial charge in [-0.05, 0) is 238 Å². The van der Waals surface area contributed by atoms with Crippen LogP contribution in [0.1, 0.15) is 246 Å². The van der Waals surface area contributed by atoms with Gasteiger partial charge in [-0.1, -0.05) is 134 Å². The molecule has 3 unspecified atom stereocenters. The Labute approximate surface area is 621 Å². The molecule has 5 nitrogen and oxygen atoms in total. The Morgan fingerprint density at radius 1 is 0.319 bits per heavy atom. The number of hydrogen-bond acceptors (Lipinski definition) is 0. The maximum atomic E-state index is 8.44. The largest absolute Gasteiger partial charge is 0.215 e. The van der Waals surface area contributed by atoms with Gasteiger partial charge in [0.15, 0.2) is 31.0 Å². The number of aryl methyl sites for hydroxylation is 21. The molecule has 0 saturated heterocycles. The highest BCUT2D eigenvalue weighted by atomic mass is 14.9. The summed E-state index contributed by atoms with van der Waals surface area (Å²) in [6.45, 7) is 0.549. The molecule has 494 valence electrons. The second-order valence-corrected chi connectivity index (χ2v) is 24.7. The van der Waals surface area contributed by atoms with Crippen LogP contribution in [0.5, 0.6) is 0 Å². The molecule has 0 bridgehead atoms. The summed E-state index contributed by atoms with van der Waals surface area (Å²) in [7, 11) is 8.85. The Hall–Kier alpha value is -8.15. The molecule has 5 aromatic carbocycles. The van der Waals surface area contributed by atoms with Gasteiger partial charge in [-0.3, -0.25) is 0 Å². The second kappa shape index (κ2) is 32.8. The first-order valence-electron chi connectivity index (χ1n) is 48.9. The molecular formula is C89H118N5+5. The van der Waals surface area contributed by atoms with Crippen molar-refractivity contribution in [3.8, 4) is 56.3 Å². The molecule has 5 heterocycles. The highest BCUT2D eigenvalue weighted by Gasteiger charge is 2.22. The van der Waals surface area contributed by atoms with Crippen LogP contribution < -0.4 is 22.8 Å². The Morgan fingerprint density at radius 3 is 1.11 bits per heavy atom. The third-order valence-electron chi connectivity index (χ3n) is 16.5. The number of rotatable bonds is 10. The van der Waals surface area contributed by atoms with Crippen LogP contribution in [0.25, 0.3) is 56.3 Å². The highest BCUT2D eigenvalue weighted by Crippen LogP contribution is 2.32. The van der Waals surface area contributed by atoms with E-state index in [0.29, 0.717) is 33.5 Å². The van der Waals surface area contributed by atoms with Crippen molar-refractivity contribution >= 4 is 0 Å². The van der Waals surface area contributed by atoms with Crippen molar-refractivity contribution in [1.29, 1.82) is 0 Å². The molecule has 5 aromatic heterocycles. The van der Waals surface area contributed by atoms with Gasteiger partial charge in [0.25, 0.3) is 0 Å². The summed E-state index contributed by atoms with van der Waals surface area (Å²) < 4.78 is 286. The average Bonchev–Trinajstić information content (AvgIpc) is 0.774. The van der Waals surface area contributed by atoms with E-state index < -0.39 is 98.5 Å². The molecule has 0 aliphatic rings. The summed E-state index contributed by atoms with van der Waals surface area (Å²) in [4.78, 5) is 0. The van der Waals surface area contributed by atoms with Crippen molar-refractivity contribution in [3.63, 3.8) is 0 Å². The molecule has 3 atom stereocenters. The molecule has 94 heavy (non-hydrogen) atoms. The van der Waals surface area contributed by atoms with E-state index in [-0.39, 0.29) is 38.9 Å². The predicted octanol–water partition coefficient (Wildman–Crippen LogP) is 20.6. The number of hydrogen-bond donors (Lipinski definition) is 0. The van der Waals surface area contributed by atoms with Crippen molar-refractivity contribution in [2.45, 2.75) is 195 Å². The third kappa shape index (κ3) is 18.8. The molecule has 5 heteroatoms.